The summed E-state index contributed by atoms with van der Waals surface area (Å²) in [4.78, 5) is 29.0. The number of nitrogens with zero attached hydrogens (tertiary/aromatic N) is 1. The lowest BCUT2D eigenvalue weighted by Gasteiger charge is -2.23. The number of hydrogen-bond acceptors (Lipinski definition) is 6. The van der Waals surface area contributed by atoms with Crippen LogP contribution in [0.15, 0.2) is 30.3 Å². The van der Waals surface area contributed by atoms with E-state index in [0.29, 0.717) is 59.3 Å². The van der Waals surface area contributed by atoms with E-state index in [-0.39, 0.29) is 23.8 Å². The van der Waals surface area contributed by atoms with Crippen molar-refractivity contribution in [2.75, 3.05) is 38.0 Å². The van der Waals surface area contributed by atoms with Crippen LogP contribution in [-0.2, 0) is 15.9 Å². The van der Waals surface area contributed by atoms with Gasteiger partial charge < -0.3 is 14.2 Å². The van der Waals surface area contributed by atoms with Gasteiger partial charge in [-0.15, -0.1) is 23.2 Å². The lowest BCUT2D eigenvalue weighted by Crippen LogP contribution is -2.32. The molecule has 34 heavy (non-hydrogen) atoms. The third-order valence-electron chi connectivity index (χ3n) is 6.67. The van der Waals surface area contributed by atoms with E-state index in [0.717, 1.165) is 24.2 Å². The number of ether oxygens (including phenoxy) is 3. The second-order valence-electron chi connectivity index (χ2n) is 9.29. The summed E-state index contributed by atoms with van der Waals surface area (Å²) < 4.78 is 18.0. The Labute approximate surface area is 209 Å². The van der Waals surface area contributed by atoms with Gasteiger partial charge in [-0.1, -0.05) is 6.07 Å². The number of alkyl halides is 2. The highest BCUT2D eigenvalue weighted by Gasteiger charge is 2.49. The van der Waals surface area contributed by atoms with Crippen molar-refractivity contribution in [1.29, 1.82) is 0 Å². The van der Waals surface area contributed by atoms with Crippen molar-refractivity contribution >= 4 is 34.8 Å². The van der Waals surface area contributed by atoms with Crippen molar-refractivity contribution in [2.45, 2.75) is 38.3 Å². The predicted octanol–water partition coefficient (Wildman–Crippen LogP) is 4.37. The Hall–Kier alpha value is -1.96. The molecule has 1 aliphatic heterocycles. The SMILES string of the molecule is CC1(C)OC2Cc3c(ccc4c3C(=O)c3cc(OCCN(CCCl)CCCl)ccc3C4=O)C2O1. The van der Waals surface area contributed by atoms with Gasteiger partial charge in [-0.3, -0.25) is 14.5 Å². The molecule has 1 saturated heterocycles. The topological polar surface area (TPSA) is 65.1 Å². The standard InChI is InChI=1S/C26H27Cl2NO5/c1-26(2)33-21-14-19-17(25(21)34-26)5-6-18-22(19)24(31)20-13-15(3-4-16(20)23(18)30)32-12-11-29(9-7-27)10-8-28/h3-6,13,21,25H,7-12,14H2,1-2H3. The van der Waals surface area contributed by atoms with E-state index >= 15 is 0 Å². The van der Waals surface area contributed by atoms with E-state index in [1.807, 2.05) is 19.9 Å². The Balaban J connectivity index is 1.39. The van der Waals surface area contributed by atoms with Crippen LogP contribution in [0.3, 0.4) is 0 Å². The highest BCUT2D eigenvalue weighted by atomic mass is 35.5. The van der Waals surface area contributed by atoms with Crippen LogP contribution in [0.4, 0.5) is 0 Å². The minimum Gasteiger partial charge on any atom is -0.492 e. The zero-order valence-corrected chi connectivity index (χ0v) is 20.7. The van der Waals surface area contributed by atoms with Gasteiger partial charge in [-0.2, -0.15) is 0 Å². The zero-order valence-electron chi connectivity index (χ0n) is 19.2. The van der Waals surface area contributed by atoms with E-state index in [9.17, 15) is 9.59 Å². The quantitative estimate of drug-likeness (QED) is 0.425. The number of carbonyl (C=O) groups is 2. The van der Waals surface area contributed by atoms with Crippen LogP contribution in [-0.4, -0.2) is 66.4 Å². The fourth-order valence-electron chi connectivity index (χ4n) is 5.19. The number of ketones is 2. The first-order valence-corrected chi connectivity index (χ1v) is 12.6. The number of fused-ring (bicyclic) bond motifs is 6. The van der Waals surface area contributed by atoms with Gasteiger partial charge in [0.15, 0.2) is 17.4 Å². The molecule has 0 N–H and O–H groups in total. The molecule has 0 radical (unpaired) electrons. The molecule has 3 aliphatic rings. The average molecular weight is 504 g/mol. The van der Waals surface area contributed by atoms with Gasteiger partial charge in [-0.05, 0) is 49.2 Å². The summed E-state index contributed by atoms with van der Waals surface area (Å²) in [6.07, 6.45) is 0.172. The number of rotatable bonds is 8. The van der Waals surface area contributed by atoms with Crippen molar-refractivity contribution in [3.8, 4) is 5.75 Å². The summed E-state index contributed by atoms with van der Waals surface area (Å²) in [5.74, 6) is 0.630. The first kappa shape index (κ1) is 23.8. The maximum atomic E-state index is 13.6. The third-order valence-corrected chi connectivity index (χ3v) is 7.01. The zero-order chi connectivity index (χ0) is 24.0. The van der Waals surface area contributed by atoms with Crippen LogP contribution in [0.1, 0.15) is 62.9 Å². The van der Waals surface area contributed by atoms with Crippen molar-refractivity contribution in [2.24, 2.45) is 0 Å². The molecular weight excluding hydrogens is 477 g/mol. The number of hydrogen-bond donors (Lipinski definition) is 0. The van der Waals surface area contributed by atoms with Crippen LogP contribution in [0, 0.1) is 0 Å². The Morgan fingerprint density at radius 2 is 1.71 bits per heavy atom. The summed E-state index contributed by atoms with van der Waals surface area (Å²) in [6.45, 7) is 6.32. The van der Waals surface area contributed by atoms with Gasteiger partial charge in [-0.25, -0.2) is 0 Å². The molecule has 5 rings (SSSR count). The number of benzene rings is 2. The van der Waals surface area contributed by atoms with Crippen molar-refractivity contribution in [1.82, 2.24) is 4.90 Å². The minimum absolute atomic E-state index is 0.145. The molecular formula is C26H27Cl2NO5. The molecule has 2 aromatic carbocycles. The lowest BCUT2D eigenvalue weighted by atomic mass is 9.80. The van der Waals surface area contributed by atoms with E-state index in [1.165, 1.54) is 0 Å². The second-order valence-corrected chi connectivity index (χ2v) is 10.0. The molecule has 1 fully saturated rings. The summed E-state index contributed by atoms with van der Waals surface area (Å²) in [6, 6.07) is 8.76. The van der Waals surface area contributed by atoms with Crippen LogP contribution in [0.25, 0.3) is 0 Å². The minimum atomic E-state index is -0.662. The smallest absolute Gasteiger partial charge is 0.194 e. The van der Waals surface area contributed by atoms with Gasteiger partial charge in [0.05, 0.1) is 6.10 Å². The molecule has 2 aliphatic carbocycles. The fourth-order valence-corrected chi connectivity index (χ4v) is 5.67. The summed E-state index contributed by atoms with van der Waals surface area (Å²) >= 11 is 11.7. The molecule has 180 valence electrons. The van der Waals surface area contributed by atoms with Gasteiger partial charge in [0.25, 0.3) is 0 Å². The van der Waals surface area contributed by atoms with E-state index in [2.05, 4.69) is 4.90 Å². The van der Waals surface area contributed by atoms with Gasteiger partial charge in [0, 0.05) is 60.1 Å². The summed E-state index contributed by atoms with van der Waals surface area (Å²) in [5.41, 5.74) is 3.49. The van der Waals surface area contributed by atoms with E-state index < -0.39 is 5.79 Å². The average Bonchev–Trinajstić information content (AvgIpc) is 3.28. The van der Waals surface area contributed by atoms with Crippen LogP contribution in [0.5, 0.6) is 5.75 Å². The molecule has 2 aromatic rings. The molecule has 6 nitrogen and oxygen atoms in total. The van der Waals surface area contributed by atoms with Crippen molar-refractivity contribution in [3.05, 3.63) is 63.7 Å². The number of carbonyl (C=O) groups excluding carboxylic acids is 2. The third kappa shape index (κ3) is 4.16. The Morgan fingerprint density at radius 1 is 0.971 bits per heavy atom. The van der Waals surface area contributed by atoms with E-state index in [1.54, 1.807) is 24.3 Å². The Morgan fingerprint density at radius 3 is 2.44 bits per heavy atom. The highest BCUT2D eigenvalue weighted by Crippen LogP contribution is 2.48. The maximum Gasteiger partial charge on any atom is 0.194 e. The van der Waals surface area contributed by atoms with Gasteiger partial charge in [0.1, 0.15) is 18.5 Å². The maximum absolute atomic E-state index is 13.6. The predicted molar refractivity (Wildman–Crippen MR) is 130 cm³/mol. The molecule has 1 heterocycles. The lowest BCUT2D eigenvalue weighted by molar-refractivity contribution is -0.148. The molecule has 2 atom stereocenters. The first-order chi connectivity index (χ1) is 16.3. The van der Waals surface area contributed by atoms with E-state index in [4.69, 9.17) is 37.4 Å². The van der Waals surface area contributed by atoms with Crippen molar-refractivity contribution < 1.29 is 23.8 Å². The monoisotopic (exact) mass is 503 g/mol. The molecule has 0 saturated carbocycles. The Bertz CT molecular complexity index is 1140. The number of halogens is 2. The Kier molecular flexibility index (Phi) is 6.46. The van der Waals surface area contributed by atoms with Gasteiger partial charge >= 0.3 is 0 Å². The first-order valence-electron chi connectivity index (χ1n) is 11.5. The largest absolute Gasteiger partial charge is 0.492 e. The molecule has 8 heteroatoms. The molecule has 2 unspecified atom stereocenters. The van der Waals surface area contributed by atoms with Crippen molar-refractivity contribution in [3.63, 3.8) is 0 Å². The van der Waals surface area contributed by atoms with Crippen LogP contribution in [0.2, 0.25) is 0 Å². The second kappa shape index (κ2) is 9.25. The fraction of sp³-hybridized carbons (Fsp3) is 0.462. The summed E-state index contributed by atoms with van der Waals surface area (Å²) in [7, 11) is 0. The molecule has 0 bridgehead atoms. The normalized spacial score (nSPS) is 21.9. The van der Waals surface area contributed by atoms with Gasteiger partial charge in [0.2, 0.25) is 0 Å². The molecule has 0 aromatic heterocycles. The molecule has 0 amide bonds. The van der Waals surface area contributed by atoms with Crippen LogP contribution >= 0.6 is 23.2 Å². The molecule has 0 spiro atoms. The highest BCUT2D eigenvalue weighted by molar-refractivity contribution is 6.29. The van der Waals surface area contributed by atoms with Crippen LogP contribution < -0.4 is 4.74 Å². The summed E-state index contributed by atoms with van der Waals surface area (Å²) in [5, 5.41) is 0.